The molecule has 6 heteroatoms. The number of nitrogens with two attached hydrogens (primary N) is 1. The molecule has 128 valence electrons. The molecule has 0 radical (unpaired) electrons. The molecule has 0 bridgehead atoms. The highest BCUT2D eigenvalue weighted by Gasteiger charge is 2.42. The summed E-state index contributed by atoms with van der Waals surface area (Å²) in [5, 5.41) is 0. The van der Waals surface area contributed by atoms with Crippen molar-refractivity contribution in [2.24, 2.45) is 17.1 Å². The number of halogens is 1. The van der Waals surface area contributed by atoms with Gasteiger partial charge in [0.05, 0.1) is 5.92 Å². The molecule has 2 saturated heterocycles. The van der Waals surface area contributed by atoms with Crippen LogP contribution in [-0.2, 0) is 9.59 Å². The maximum absolute atomic E-state index is 12.6. The van der Waals surface area contributed by atoms with Crippen LogP contribution < -0.4 is 5.73 Å². The fraction of sp³-hybridized carbons (Fsp3) is 0.875. The van der Waals surface area contributed by atoms with Gasteiger partial charge in [-0.25, -0.2) is 0 Å². The van der Waals surface area contributed by atoms with E-state index in [2.05, 4.69) is 20.8 Å². The third-order valence-electron chi connectivity index (χ3n) is 5.25. The summed E-state index contributed by atoms with van der Waals surface area (Å²) in [6.45, 7) is 9.06. The molecule has 0 aromatic carbocycles. The zero-order chi connectivity index (χ0) is 15.6. The van der Waals surface area contributed by atoms with Crippen molar-refractivity contribution in [3.63, 3.8) is 0 Å². The highest BCUT2D eigenvalue weighted by molar-refractivity contribution is 5.89. The maximum atomic E-state index is 12.6. The molecule has 2 rings (SSSR count). The topological polar surface area (TPSA) is 66.6 Å². The average molecular weight is 332 g/mol. The van der Waals surface area contributed by atoms with E-state index in [0.717, 1.165) is 32.4 Å². The van der Waals surface area contributed by atoms with Crippen molar-refractivity contribution in [1.82, 2.24) is 9.80 Å². The average Bonchev–Trinajstić information content (AvgIpc) is 3.05. The molecule has 22 heavy (non-hydrogen) atoms. The Morgan fingerprint density at radius 3 is 2.55 bits per heavy atom. The summed E-state index contributed by atoms with van der Waals surface area (Å²) >= 11 is 0. The molecule has 0 aromatic rings. The van der Waals surface area contributed by atoms with Crippen LogP contribution in [0, 0.1) is 11.3 Å². The zero-order valence-electron chi connectivity index (χ0n) is 14.0. The van der Waals surface area contributed by atoms with Crippen molar-refractivity contribution >= 4 is 24.2 Å². The molecule has 2 heterocycles. The number of nitrogens with zero attached hydrogens (tertiary/aromatic N) is 2. The van der Waals surface area contributed by atoms with E-state index in [-0.39, 0.29) is 41.6 Å². The van der Waals surface area contributed by atoms with Gasteiger partial charge in [0.25, 0.3) is 0 Å². The second-order valence-corrected chi connectivity index (χ2v) is 6.94. The minimum absolute atomic E-state index is 0. The van der Waals surface area contributed by atoms with E-state index in [1.165, 1.54) is 0 Å². The van der Waals surface area contributed by atoms with Crippen molar-refractivity contribution in [2.75, 3.05) is 26.2 Å². The Balaban J connectivity index is 0.00000242. The van der Waals surface area contributed by atoms with E-state index in [1.54, 1.807) is 0 Å². The van der Waals surface area contributed by atoms with Crippen molar-refractivity contribution < 1.29 is 9.59 Å². The summed E-state index contributed by atoms with van der Waals surface area (Å²) in [7, 11) is 0. The van der Waals surface area contributed by atoms with Crippen molar-refractivity contribution in [1.29, 1.82) is 0 Å². The molecule has 2 atom stereocenters. The van der Waals surface area contributed by atoms with E-state index < -0.39 is 0 Å². The number of likely N-dealkylation sites (tertiary alicyclic amines) is 2. The van der Waals surface area contributed by atoms with E-state index >= 15 is 0 Å². The van der Waals surface area contributed by atoms with Gasteiger partial charge in [-0.1, -0.05) is 20.8 Å². The maximum Gasteiger partial charge on any atom is 0.228 e. The largest absolute Gasteiger partial charge is 0.342 e. The summed E-state index contributed by atoms with van der Waals surface area (Å²) in [5.74, 6) is 0.134. The highest BCUT2D eigenvalue weighted by Crippen LogP contribution is 2.31. The van der Waals surface area contributed by atoms with Crippen LogP contribution in [0.3, 0.4) is 0 Å². The number of rotatable bonds is 5. The van der Waals surface area contributed by atoms with Crippen molar-refractivity contribution in [3.05, 3.63) is 0 Å². The van der Waals surface area contributed by atoms with E-state index in [4.69, 9.17) is 5.73 Å². The number of carbonyl (C=O) groups is 2. The van der Waals surface area contributed by atoms with Crippen molar-refractivity contribution in [3.8, 4) is 0 Å². The van der Waals surface area contributed by atoms with Gasteiger partial charge < -0.3 is 15.5 Å². The Bertz CT molecular complexity index is 414. The third-order valence-corrected chi connectivity index (χ3v) is 5.25. The van der Waals surface area contributed by atoms with Gasteiger partial charge in [0.15, 0.2) is 0 Å². The summed E-state index contributed by atoms with van der Waals surface area (Å²) in [6.07, 6.45) is 3.26. The van der Waals surface area contributed by atoms with Gasteiger partial charge in [-0.05, 0) is 31.2 Å². The molecule has 2 fully saturated rings. The Kier molecular flexibility index (Phi) is 6.68. The van der Waals surface area contributed by atoms with Gasteiger partial charge in [-0.15, -0.1) is 12.4 Å². The van der Waals surface area contributed by atoms with Crippen LogP contribution in [0.5, 0.6) is 0 Å². The SMILES string of the molecule is CCC(CC)N1CC(C(=O)N2CCC(C)(CN)C2)CC1=O.Cl. The number of hydrogen-bond donors (Lipinski definition) is 1. The fourth-order valence-electron chi connectivity index (χ4n) is 3.62. The van der Waals surface area contributed by atoms with Crippen molar-refractivity contribution in [2.45, 2.75) is 52.5 Å². The number of hydrogen-bond acceptors (Lipinski definition) is 3. The zero-order valence-corrected chi connectivity index (χ0v) is 14.8. The monoisotopic (exact) mass is 331 g/mol. The molecule has 2 aliphatic rings. The molecule has 0 aliphatic carbocycles. The van der Waals surface area contributed by atoms with Gasteiger partial charge in [0.1, 0.15) is 0 Å². The Morgan fingerprint density at radius 1 is 1.41 bits per heavy atom. The number of amides is 2. The molecule has 5 nitrogen and oxygen atoms in total. The molecule has 2 unspecified atom stereocenters. The second-order valence-electron chi connectivity index (χ2n) is 6.94. The minimum atomic E-state index is -0.154. The molecular formula is C16H30ClN3O2. The minimum Gasteiger partial charge on any atom is -0.342 e. The summed E-state index contributed by atoms with van der Waals surface area (Å²) < 4.78 is 0. The van der Waals surface area contributed by atoms with Crippen LogP contribution in [0.2, 0.25) is 0 Å². The number of carbonyl (C=O) groups excluding carboxylic acids is 2. The predicted molar refractivity (Wildman–Crippen MR) is 89.8 cm³/mol. The first-order chi connectivity index (χ1) is 9.94. The first-order valence-electron chi connectivity index (χ1n) is 8.22. The summed E-state index contributed by atoms with van der Waals surface area (Å²) in [4.78, 5) is 28.7. The van der Waals surface area contributed by atoms with Gasteiger partial charge in [0, 0.05) is 32.1 Å². The lowest BCUT2D eigenvalue weighted by Crippen LogP contribution is -2.40. The van der Waals surface area contributed by atoms with E-state index in [1.807, 2.05) is 9.80 Å². The molecular weight excluding hydrogens is 302 g/mol. The lowest BCUT2D eigenvalue weighted by molar-refractivity contribution is -0.135. The molecule has 2 N–H and O–H groups in total. The van der Waals surface area contributed by atoms with Gasteiger partial charge in [0.2, 0.25) is 11.8 Å². The van der Waals surface area contributed by atoms with E-state index in [9.17, 15) is 9.59 Å². The summed E-state index contributed by atoms with van der Waals surface area (Å²) in [5.41, 5.74) is 5.85. The van der Waals surface area contributed by atoms with Crippen LogP contribution >= 0.6 is 12.4 Å². The summed E-state index contributed by atoms with van der Waals surface area (Å²) in [6, 6.07) is 0.281. The lowest BCUT2D eigenvalue weighted by atomic mass is 9.90. The van der Waals surface area contributed by atoms with Crippen LogP contribution in [0.25, 0.3) is 0 Å². The van der Waals surface area contributed by atoms with Gasteiger partial charge >= 0.3 is 0 Å². The predicted octanol–water partition coefficient (Wildman–Crippen LogP) is 1.64. The smallest absolute Gasteiger partial charge is 0.228 e. The molecule has 2 amide bonds. The first kappa shape index (κ1) is 19.2. The van der Waals surface area contributed by atoms with Gasteiger partial charge in [-0.2, -0.15) is 0 Å². The van der Waals surface area contributed by atoms with Crippen LogP contribution in [0.15, 0.2) is 0 Å². The standard InChI is InChI=1S/C16H29N3O2.ClH/c1-4-13(5-2)19-9-12(8-14(19)20)15(21)18-7-6-16(3,10-17)11-18;/h12-13H,4-11,17H2,1-3H3;1H. The molecule has 0 spiro atoms. The van der Waals surface area contributed by atoms with Crippen LogP contribution in [-0.4, -0.2) is 53.8 Å². The van der Waals surface area contributed by atoms with Crippen LogP contribution in [0.1, 0.15) is 46.5 Å². The normalized spacial score (nSPS) is 28.4. The molecule has 0 saturated carbocycles. The lowest BCUT2D eigenvalue weighted by Gasteiger charge is -2.27. The second kappa shape index (κ2) is 7.64. The Labute approximate surface area is 140 Å². The molecule has 2 aliphatic heterocycles. The first-order valence-corrected chi connectivity index (χ1v) is 8.22. The highest BCUT2D eigenvalue weighted by atomic mass is 35.5. The molecule has 0 aromatic heterocycles. The van der Waals surface area contributed by atoms with Crippen LogP contribution in [0.4, 0.5) is 0 Å². The third kappa shape index (κ3) is 3.74. The Morgan fingerprint density at radius 2 is 2.05 bits per heavy atom. The van der Waals surface area contributed by atoms with E-state index in [0.29, 0.717) is 19.5 Å². The Hall–Kier alpha value is -0.810. The fourth-order valence-corrected chi connectivity index (χ4v) is 3.62. The quantitative estimate of drug-likeness (QED) is 0.833. The van der Waals surface area contributed by atoms with Gasteiger partial charge in [-0.3, -0.25) is 9.59 Å².